The van der Waals surface area contributed by atoms with Crippen molar-refractivity contribution in [1.82, 2.24) is 25.3 Å². The van der Waals surface area contributed by atoms with E-state index in [2.05, 4.69) is 10.6 Å². The molecule has 0 spiro atoms. The number of nitrogens with one attached hydrogen (secondary N) is 2. The summed E-state index contributed by atoms with van der Waals surface area (Å²) < 4.78 is 0. The SMILES string of the molecule is Cc1ccc(C2NC(SCC(=O)N3CCCCCC3)C3C(=O)N(C)C(=O)N(C)C3N2)cc1. The Balaban J connectivity index is 1.54. The summed E-state index contributed by atoms with van der Waals surface area (Å²) in [5.41, 5.74) is 2.20. The smallest absolute Gasteiger partial charge is 0.327 e. The van der Waals surface area contributed by atoms with Crippen molar-refractivity contribution in [2.75, 3.05) is 32.9 Å². The quantitative estimate of drug-likeness (QED) is 0.718. The second-order valence-electron chi connectivity index (χ2n) is 8.96. The molecule has 2 N–H and O–H groups in total. The molecule has 4 rings (SSSR count). The topological polar surface area (TPSA) is 85.0 Å². The van der Waals surface area contributed by atoms with Crippen molar-refractivity contribution in [1.29, 1.82) is 0 Å². The third-order valence-electron chi connectivity index (χ3n) is 6.71. The number of hydrogen-bond acceptors (Lipinski definition) is 6. The molecule has 0 saturated carbocycles. The molecule has 8 nitrogen and oxygen atoms in total. The van der Waals surface area contributed by atoms with Gasteiger partial charge in [-0.25, -0.2) is 4.79 Å². The van der Waals surface area contributed by atoms with Gasteiger partial charge in [0, 0.05) is 27.2 Å². The van der Waals surface area contributed by atoms with Crippen LogP contribution in [0.15, 0.2) is 24.3 Å². The number of rotatable bonds is 4. The third-order valence-corrected chi connectivity index (χ3v) is 7.91. The standard InChI is InChI=1S/C23H33N5O3S/c1-15-8-10-16(11-9-15)19-24-20-18(22(30)27(3)23(31)26(20)2)21(25-19)32-14-17(29)28-12-6-4-5-7-13-28/h8-11,18-21,24-25H,4-7,12-14H2,1-3H3. The molecule has 4 amide bonds. The van der Waals surface area contributed by atoms with Crippen LogP contribution in [0.1, 0.15) is 43.0 Å². The number of fused-ring (bicyclic) bond motifs is 1. The van der Waals surface area contributed by atoms with Gasteiger partial charge in [0.25, 0.3) is 0 Å². The molecule has 4 unspecified atom stereocenters. The van der Waals surface area contributed by atoms with Crippen LogP contribution < -0.4 is 10.6 Å². The fourth-order valence-corrected chi connectivity index (χ4v) is 5.93. The van der Waals surface area contributed by atoms with Crippen LogP contribution in [0, 0.1) is 12.8 Å². The molecular weight excluding hydrogens is 426 g/mol. The first-order chi connectivity index (χ1) is 15.4. The molecule has 0 aromatic heterocycles. The van der Waals surface area contributed by atoms with E-state index in [4.69, 9.17) is 0 Å². The van der Waals surface area contributed by atoms with E-state index in [0.717, 1.165) is 37.1 Å². The van der Waals surface area contributed by atoms with Crippen LogP contribution in [0.5, 0.6) is 0 Å². The van der Waals surface area contributed by atoms with Crippen molar-refractivity contribution in [3.8, 4) is 0 Å². The summed E-state index contributed by atoms with van der Waals surface area (Å²) in [6, 6.07) is 7.86. The largest absolute Gasteiger partial charge is 0.342 e. The van der Waals surface area contributed by atoms with Gasteiger partial charge < -0.3 is 9.80 Å². The van der Waals surface area contributed by atoms with Gasteiger partial charge in [-0.3, -0.25) is 25.1 Å². The number of likely N-dealkylation sites (tertiary alicyclic amines) is 1. The third kappa shape index (κ3) is 4.65. The molecule has 0 bridgehead atoms. The van der Waals surface area contributed by atoms with E-state index in [-0.39, 0.29) is 29.4 Å². The predicted molar refractivity (Wildman–Crippen MR) is 125 cm³/mol. The van der Waals surface area contributed by atoms with E-state index in [0.29, 0.717) is 5.75 Å². The molecular formula is C23H33N5O3S. The lowest BCUT2D eigenvalue weighted by molar-refractivity contribution is -0.140. The van der Waals surface area contributed by atoms with Gasteiger partial charge in [0.2, 0.25) is 11.8 Å². The van der Waals surface area contributed by atoms with Crippen LogP contribution in [0.2, 0.25) is 0 Å². The number of hydrogen-bond donors (Lipinski definition) is 2. The van der Waals surface area contributed by atoms with Gasteiger partial charge >= 0.3 is 6.03 Å². The molecule has 3 heterocycles. The van der Waals surface area contributed by atoms with Gasteiger partial charge in [0.05, 0.1) is 29.4 Å². The van der Waals surface area contributed by atoms with Crippen molar-refractivity contribution in [2.45, 2.75) is 50.3 Å². The van der Waals surface area contributed by atoms with E-state index < -0.39 is 12.1 Å². The lowest BCUT2D eigenvalue weighted by Gasteiger charge is -2.50. The van der Waals surface area contributed by atoms with Gasteiger partial charge in [0.15, 0.2) is 0 Å². The molecule has 3 aliphatic rings. The van der Waals surface area contributed by atoms with Crippen LogP contribution in [-0.2, 0) is 9.59 Å². The maximum absolute atomic E-state index is 13.1. The molecule has 1 aromatic carbocycles. The molecule has 32 heavy (non-hydrogen) atoms. The first-order valence-electron chi connectivity index (χ1n) is 11.4. The van der Waals surface area contributed by atoms with Crippen LogP contribution in [-0.4, -0.2) is 77.0 Å². The first-order valence-corrected chi connectivity index (χ1v) is 12.4. The maximum Gasteiger partial charge on any atom is 0.327 e. The highest BCUT2D eigenvalue weighted by molar-refractivity contribution is 8.00. The zero-order valence-corrected chi connectivity index (χ0v) is 19.9. The number of thioether (sulfide) groups is 1. The zero-order chi connectivity index (χ0) is 22.8. The second-order valence-corrected chi connectivity index (χ2v) is 10.1. The van der Waals surface area contributed by atoms with Crippen LogP contribution in [0.3, 0.4) is 0 Å². The van der Waals surface area contributed by atoms with Crippen molar-refractivity contribution in [3.63, 3.8) is 0 Å². The highest BCUT2D eigenvalue weighted by Crippen LogP contribution is 2.34. The monoisotopic (exact) mass is 459 g/mol. The number of imide groups is 1. The van der Waals surface area contributed by atoms with Gasteiger partial charge in [-0.05, 0) is 25.3 Å². The Hall–Kier alpha value is -2.10. The summed E-state index contributed by atoms with van der Waals surface area (Å²) in [5.74, 6) is -0.260. The van der Waals surface area contributed by atoms with Crippen molar-refractivity contribution in [3.05, 3.63) is 35.4 Å². The Bertz CT molecular complexity index is 856. The second kappa shape index (κ2) is 9.80. The zero-order valence-electron chi connectivity index (χ0n) is 19.0. The Kier molecular flexibility index (Phi) is 7.07. The van der Waals surface area contributed by atoms with Gasteiger partial charge in [-0.15, -0.1) is 11.8 Å². The molecule has 3 saturated heterocycles. The predicted octanol–water partition coefficient (Wildman–Crippen LogP) is 2.11. The van der Waals surface area contributed by atoms with Gasteiger partial charge in [-0.1, -0.05) is 42.7 Å². The number of carbonyl (C=O) groups is 3. The number of urea groups is 1. The summed E-state index contributed by atoms with van der Waals surface area (Å²) in [7, 11) is 3.24. The lowest BCUT2D eigenvalue weighted by Crippen LogP contribution is -2.72. The number of nitrogens with zero attached hydrogens (tertiary/aromatic N) is 3. The molecule has 1 aromatic rings. The number of aryl methyl sites for hydroxylation is 1. The van der Waals surface area contributed by atoms with Crippen molar-refractivity contribution >= 4 is 29.6 Å². The molecule has 174 valence electrons. The summed E-state index contributed by atoms with van der Waals surface area (Å²) in [5, 5.41) is 6.69. The fourth-order valence-electron chi connectivity index (χ4n) is 4.72. The van der Waals surface area contributed by atoms with E-state index >= 15 is 0 Å². The molecule has 9 heteroatoms. The summed E-state index contributed by atoms with van der Waals surface area (Å²) >= 11 is 1.47. The highest BCUT2D eigenvalue weighted by atomic mass is 32.2. The number of amides is 4. The molecule has 0 aliphatic carbocycles. The van der Waals surface area contributed by atoms with Crippen molar-refractivity contribution in [2.24, 2.45) is 5.92 Å². The summed E-state index contributed by atoms with van der Waals surface area (Å²) in [6.07, 6.45) is 3.79. The number of benzene rings is 1. The minimum atomic E-state index is -0.480. The van der Waals surface area contributed by atoms with Gasteiger partial charge in [-0.2, -0.15) is 0 Å². The van der Waals surface area contributed by atoms with E-state index in [9.17, 15) is 14.4 Å². The van der Waals surface area contributed by atoms with Crippen LogP contribution in [0.4, 0.5) is 4.79 Å². The maximum atomic E-state index is 13.1. The fraction of sp³-hybridized carbons (Fsp3) is 0.609. The lowest BCUT2D eigenvalue weighted by atomic mass is 9.96. The number of carbonyl (C=O) groups excluding carboxylic acids is 3. The molecule has 4 atom stereocenters. The highest BCUT2D eigenvalue weighted by Gasteiger charge is 2.51. The molecule has 3 aliphatic heterocycles. The Morgan fingerprint density at radius 3 is 2.34 bits per heavy atom. The Morgan fingerprint density at radius 1 is 1.03 bits per heavy atom. The van der Waals surface area contributed by atoms with E-state index in [1.165, 1.54) is 36.6 Å². The van der Waals surface area contributed by atoms with Gasteiger partial charge in [0.1, 0.15) is 0 Å². The average molecular weight is 460 g/mol. The molecule has 0 radical (unpaired) electrons. The summed E-state index contributed by atoms with van der Waals surface area (Å²) in [6.45, 7) is 3.67. The summed E-state index contributed by atoms with van der Waals surface area (Å²) in [4.78, 5) is 43.3. The van der Waals surface area contributed by atoms with E-state index in [1.807, 2.05) is 36.1 Å². The minimum Gasteiger partial charge on any atom is -0.342 e. The Labute approximate surface area is 194 Å². The van der Waals surface area contributed by atoms with Crippen molar-refractivity contribution < 1.29 is 14.4 Å². The normalized spacial score (nSPS) is 29.0. The Morgan fingerprint density at radius 2 is 1.69 bits per heavy atom. The first kappa shape index (κ1) is 23.1. The van der Waals surface area contributed by atoms with Crippen LogP contribution in [0.25, 0.3) is 0 Å². The molecule has 3 fully saturated rings. The minimum absolute atomic E-state index is 0.127. The van der Waals surface area contributed by atoms with Crippen LogP contribution >= 0.6 is 11.8 Å². The van der Waals surface area contributed by atoms with E-state index in [1.54, 1.807) is 11.9 Å². The average Bonchev–Trinajstić information content (AvgIpc) is 3.09.